The zero-order chi connectivity index (χ0) is 17.8. The Labute approximate surface area is 152 Å². The molecule has 0 unspecified atom stereocenters. The predicted octanol–water partition coefficient (Wildman–Crippen LogP) is 3.68. The molecule has 0 radical (unpaired) electrons. The number of thiophene rings is 1. The van der Waals surface area contributed by atoms with Crippen LogP contribution in [0.1, 0.15) is 47.5 Å². The average molecular weight is 353 g/mol. The Morgan fingerprint density at radius 2 is 2.08 bits per heavy atom. The summed E-state index contributed by atoms with van der Waals surface area (Å²) in [5.74, 6) is 0.560. The highest BCUT2D eigenvalue weighted by atomic mass is 32.1. The van der Waals surface area contributed by atoms with E-state index in [2.05, 4.69) is 30.1 Å². The monoisotopic (exact) mass is 353 g/mol. The van der Waals surface area contributed by atoms with E-state index < -0.39 is 0 Å². The lowest BCUT2D eigenvalue weighted by molar-refractivity contribution is -0.0377. The van der Waals surface area contributed by atoms with E-state index in [9.17, 15) is 10.1 Å². The number of rotatable bonds is 2. The van der Waals surface area contributed by atoms with Gasteiger partial charge >= 0.3 is 0 Å². The molecule has 2 aromatic rings. The molecule has 1 atom stereocenters. The van der Waals surface area contributed by atoms with Crippen molar-refractivity contribution < 1.29 is 4.79 Å². The van der Waals surface area contributed by atoms with E-state index >= 15 is 0 Å². The van der Waals surface area contributed by atoms with Crippen molar-refractivity contribution in [1.29, 1.82) is 5.26 Å². The van der Waals surface area contributed by atoms with E-state index in [1.165, 1.54) is 24.2 Å². The molecule has 5 heteroatoms. The summed E-state index contributed by atoms with van der Waals surface area (Å²) >= 11 is 1.43. The van der Waals surface area contributed by atoms with Crippen molar-refractivity contribution in [2.45, 2.75) is 45.2 Å². The number of piperidine rings is 3. The number of nitrogens with one attached hydrogen (secondary N) is 1. The molecular formula is C20H23N3OS. The van der Waals surface area contributed by atoms with Crippen molar-refractivity contribution in [3.63, 3.8) is 0 Å². The Balaban J connectivity index is 1.64. The van der Waals surface area contributed by atoms with E-state index in [-0.39, 0.29) is 17.5 Å². The van der Waals surface area contributed by atoms with Crippen LogP contribution in [0, 0.1) is 24.2 Å². The maximum atomic E-state index is 12.9. The summed E-state index contributed by atoms with van der Waals surface area (Å²) in [5, 5.41) is 13.7. The second kappa shape index (κ2) is 5.82. The van der Waals surface area contributed by atoms with Crippen LogP contribution >= 0.6 is 11.3 Å². The summed E-state index contributed by atoms with van der Waals surface area (Å²) in [5.41, 5.74) is 1.65. The third-order valence-electron chi connectivity index (χ3n) is 6.10. The van der Waals surface area contributed by atoms with Crippen molar-refractivity contribution in [1.82, 2.24) is 10.2 Å². The van der Waals surface area contributed by atoms with Crippen molar-refractivity contribution in [2.75, 3.05) is 13.1 Å². The molecule has 0 aliphatic carbocycles. The summed E-state index contributed by atoms with van der Waals surface area (Å²) in [6.07, 6.45) is 2.33. The number of benzene rings is 1. The number of carbonyl (C=O) groups excluding carboxylic acids is 1. The molecule has 1 N–H and O–H groups in total. The van der Waals surface area contributed by atoms with Gasteiger partial charge in [0.2, 0.25) is 0 Å². The first-order valence-electron chi connectivity index (χ1n) is 8.91. The smallest absolute Gasteiger partial charge is 0.261 e. The maximum Gasteiger partial charge on any atom is 0.261 e. The quantitative estimate of drug-likeness (QED) is 0.896. The zero-order valence-electron chi connectivity index (χ0n) is 14.9. The second-order valence-electron chi connectivity index (χ2n) is 7.83. The van der Waals surface area contributed by atoms with Crippen LogP contribution in [0.2, 0.25) is 0 Å². The Hall–Kier alpha value is -1.90. The largest absolute Gasteiger partial charge is 0.346 e. The van der Waals surface area contributed by atoms with Gasteiger partial charge in [0.05, 0.1) is 15.1 Å². The lowest BCUT2D eigenvalue weighted by atomic mass is 9.72. The Kier molecular flexibility index (Phi) is 3.86. The minimum Gasteiger partial charge on any atom is -0.346 e. The van der Waals surface area contributed by atoms with Gasteiger partial charge in [-0.2, -0.15) is 5.26 Å². The van der Waals surface area contributed by atoms with Gasteiger partial charge in [-0.15, -0.1) is 11.3 Å². The summed E-state index contributed by atoms with van der Waals surface area (Å²) < 4.78 is 0.917. The van der Waals surface area contributed by atoms with Crippen LogP contribution in [0.5, 0.6) is 0 Å². The molecule has 3 saturated heterocycles. The average Bonchev–Trinajstić information content (AvgIpc) is 3.02. The van der Waals surface area contributed by atoms with Crippen LogP contribution in [-0.4, -0.2) is 35.5 Å². The number of hydrogen-bond donors (Lipinski definition) is 1. The molecular weight excluding hydrogens is 330 g/mol. The molecule has 0 saturated carbocycles. The van der Waals surface area contributed by atoms with Crippen LogP contribution in [0.4, 0.5) is 0 Å². The molecule has 3 aliphatic rings. The zero-order valence-corrected chi connectivity index (χ0v) is 15.7. The molecule has 2 bridgehead atoms. The number of nitriles is 1. The third-order valence-corrected chi connectivity index (χ3v) is 7.27. The van der Waals surface area contributed by atoms with Gasteiger partial charge in [-0.05, 0) is 69.6 Å². The number of carbonyl (C=O) groups is 1. The SMILES string of the molecule is Cc1ccc2cc(C(=O)N[C@H]3C4CCN(CC4)C3(C)C)sc2c1C#N. The lowest BCUT2D eigenvalue weighted by Gasteiger charge is -2.56. The van der Waals surface area contributed by atoms with Crippen molar-refractivity contribution in [3.05, 3.63) is 34.2 Å². The fraction of sp³-hybridized carbons (Fsp3) is 0.500. The molecule has 5 rings (SSSR count). The van der Waals surface area contributed by atoms with Crippen LogP contribution in [0.25, 0.3) is 10.1 Å². The molecule has 130 valence electrons. The van der Waals surface area contributed by atoms with Crippen molar-refractivity contribution in [2.24, 2.45) is 5.92 Å². The molecule has 1 aromatic heterocycles. The second-order valence-corrected chi connectivity index (χ2v) is 8.88. The minimum absolute atomic E-state index is 0.00190. The van der Waals surface area contributed by atoms with Crippen LogP contribution in [0.15, 0.2) is 18.2 Å². The van der Waals surface area contributed by atoms with Gasteiger partial charge in [-0.3, -0.25) is 9.69 Å². The Morgan fingerprint density at radius 1 is 1.36 bits per heavy atom. The molecule has 3 fully saturated rings. The summed E-state index contributed by atoms with van der Waals surface area (Å²) in [7, 11) is 0. The molecule has 3 aliphatic heterocycles. The number of fused-ring (bicyclic) bond motifs is 4. The van der Waals surface area contributed by atoms with E-state index in [0.29, 0.717) is 16.4 Å². The summed E-state index contributed by atoms with van der Waals surface area (Å²) in [6.45, 7) is 8.69. The third kappa shape index (κ3) is 2.56. The summed E-state index contributed by atoms with van der Waals surface area (Å²) in [4.78, 5) is 16.1. The highest BCUT2D eigenvalue weighted by Crippen LogP contribution is 2.39. The highest BCUT2D eigenvalue weighted by molar-refractivity contribution is 7.21. The normalized spacial score (nSPS) is 27.2. The van der Waals surface area contributed by atoms with Crippen molar-refractivity contribution in [3.8, 4) is 6.07 Å². The Morgan fingerprint density at radius 3 is 2.72 bits per heavy atom. The van der Waals surface area contributed by atoms with Crippen LogP contribution < -0.4 is 5.32 Å². The first-order valence-corrected chi connectivity index (χ1v) is 9.72. The highest BCUT2D eigenvalue weighted by Gasteiger charge is 2.48. The van der Waals surface area contributed by atoms with E-state index in [0.717, 1.165) is 28.7 Å². The molecule has 4 heterocycles. The van der Waals surface area contributed by atoms with Gasteiger partial charge in [-0.1, -0.05) is 12.1 Å². The molecule has 25 heavy (non-hydrogen) atoms. The van der Waals surface area contributed by atoms with Crippen LogP contribution in [-0.2, 0) is 0 Å². The fourth-order valence-electron chi connectivity index (χ4n) is 4.54. The van der Waals surface area contributed by atoms with E-state index in [4.69, 9.17) is 0 Å². The number of aryl methyl sites for hydroxylation is 1. The molecule has 1 amide bonds. The van der Waals surface area contributed by atoms with Crippen molar-refractivity contribution >= 4 is 27.3 Å². The first kappa shape index (κ1) is 16.6. The van der Waals surface area contributed by atoms with Crippen LogP contribution in [0.3, 0.4) is 0 Å². The molecule has 1 aromatic carbocycles. The van der Waals surface area contributed by atoms with Gasteiger partial charge in [0.15, 0.2) is 0 Å². The topological polar surface area (TPSA) is 56.1 Å². The van der Waals surface area contributed by atoms with E-state index in [1.54, 1.807) is 0 Å². The number of hydrogen-bond acceptors (Lipinski definition) is 4. The lowest BCUT2D eigenvalue weighted by Crippen LogP contribution is -2.69. The summed E-state index contributed by atoms with van der Waals surface area (Å²) in [6, 6.07) is 8.33. The maximum absolute atomic E-state index is 12.9. The fourth-order valence-corrected chi connectivity index (χ4v) is 5.65. The minimum atomic E-state index is -0.00503. The first-order chi connectivity index (χ1) is 11.9. The van der Waals surface area contributed by atoms with E-state index in [1.807, 2.05) is 25.1 Å². The molecule has 4 nitrogen and oxygen atoms in total. The van der Waals surface area contributed by atoms with Gasteiger partial charge in [0, 0.05) is 11.6 Å². The van der Waals surface area contributed by atoms with Gasteiger partial charge in [-0.25, -0.2) is 0 Å². The predicted molar refractivity (Wildman–Crippen MR) is 101 cm³/mol. The molecule has 0 spiro atoms. The number of nitrogens with zero attached hydrogens (tertiary/aromatic N) is 2. The standard InChI is InChI=1S/C20H23N3OS/c1-12-4-5-14-10-16(25-17(14)15(12)11-21)19(24)22-18-13-6-8-23(9-7-13)20(18,2)3/h4-5,10,13,18H,6-9H2,1-3H3,(H,22,24)/t18-/m0/s1. The van der Waals surface area contributed by atoms with Gasteiger partial charge in [0.25, 0.3) is 5.91 Å². The number of amides is 1. The Bertz CT molecular complexity index is 884. The van der Waals surface area contributed by atoms with Gasteiger partial charge in [0.1, 0.15) is 6.07 Å². The van der Waals surface area contributed by atoms with Gasteiger partial charge < -0.3 is 5.32 Å².